The van der Waals surface area contributed by atoms with Crippen LogP contribution in [0.25, 0.3) is 39.0 Å². The number of anilines is 2. The summed E-state index contributed by atoms with van der Waals surface area (Å²) in [5.41, 5.74) is 14.6. The number of carbonyl (C=O) groups excluding carboxylic acids is 1. The summed E-state index contributed by atoms with van der Waals surface area (Å²) in [7, 11) is 5.49. The number of aromatic nitrogens is 2. The van der Waals surface area contributed by atoms with E-state index in [4.69, 9.17) is 15.5 Å². The molecule has 0 atom stereocenters. The molecule has 42 heavy (non-hydrogen) atoms. The van der Waals surface area contributed by atoms with E-state index in [1.807, 2.05) is 25.1 Å². The molecule has 0 radical (unpaired) electrons. The summed E-state index contributed by atoms with van der Waals surface area (Å²) in [4.78, 5) is 29.5. The minimum Gasteiger partial charge on any atom is -0.495 e. The number of amides is 1. The average Bonchev–Trinajstić information content (AvgIpc) is 3.40. The number of benzene rings is 2. The zero-order chi connectivity index (χ0) is 29.8. The molecule has 0 spiro atoms. The van der Waals surface area contributed by atoms with Crippen LogP contribution in [0, 0.1) is 6.92 Å². The van der Waals surface area contributed by atoms with Crippen LogP contribution in [-0.4, -0.2) is 74.4 Å². The maximum atomic E-state index is 12.2. The highest BCUT2D eigenvalue weighted by Gasteiger charge is 2.24. The molecular weight excluding hydrogens is 526 g/mol. The molecule has 0 bridgehead atoms. The van der Waals surface area contributed by atoms with Crippen molar-refractivity contribution in [3.8, 4) is 28.1 Å². The third-order valence-electron chi connectivity index (χ3n) is 7.73. The lowest BCUT2D eigenvalue weighted by atomic mass is 9.95. The summed E-state index contributed by atoms with van der Waals surface area (Å²) in [6.07, 6.45) is 6.19. The maximum absolute atomic E-state index is 12.2. The molecule has 1 aliphatic heterocycles. The highest BCUT2D eigenvalue weighted by molar-refractivity contribution is 6.15. The first-order valence-electron chi connectivity index (χ1n) is 13.9. The van der Waals surface area contributed by atoms with Gasteiger partial charge in [0, 0.05) is 79.9 Å². The lowest BCUT2D eigenvalue weighted by Gasteiger charge is -2.34. The Balaban J connectivity index is 1.72. The van der Waals surface area contributed by atoms with Gasteiger partial charge in [0.1, 0.15) is 11.4 Å². The molecule has 1 amide bonds. The monoisotopic (exact) mass is 563 g/mol. The first-order chi connectivity index (χ1) is 20.4. The van der Waals surface area contributed by atoms with Gasteiger partial charge in [0.25, 0.3) is 0 Å². The minimum atomic E-state index is -0.271. The fourth-order valence-electron chi connectivity index (χ4n) is 5.39. The third kappa shape index (κ3) is 5.51. The molecule has 1 saturated heterocycles. The van der Waals surface area contributed by atoms with Crippen molar-refractivity contribution >= 4 is 40.1 Å². The number of rotatable bonds is 8. The number of ether oxygens (including phenoxy) is 1. The average molecular weight is 564 g/mol. The van der Waals surface area contributed by atoms with Gasteiger partial charge in [-0.1, -0.05) is 30.8 Å². The van der Waals surface area contributed by atoms with Gasteiger partial charge in [-0.2, -0.15) is 0 Å². The number of piperazine rings is 1. The van der Waals surface area contributed by atoms with Gasteiger partial charge in [-0.3, -0.25) is 9.79 Å². The van der Waals surface area contributed by atoms with Gasteiger partial charge in [-0.15, -0.1) is 0 Å². The summed E-state index contributed by atoms with van der Waals surface area (Å²) >= 11 is 0. The molecule has 9 heteroatoms. The van der Waals surface area contributed by atoms with Crippen LogP contribution in [0.5, 0.6) is 5.75 Å². The van der Waals surface area contributed by atoms with E-state index in [0.29, 0.717) is 22.7 Å². The van der Waals surface area contributed by atoms with Crippen molar-refractivity contribution in [3.63, 3.8) is 0 Å². The van der Waals surface area contributed by atoms with E-state index < -0.39 is 0 Å². The highest BCUT2D eigenvalue weighted by atomic mass is 16.5. The van der Waals surface area contributed by atoms with Crippen molar-refractivity contribution in [3.05, 3.63) is 78.6 Å². The lowest BCUT2D eigenvalue weighted by Crippen LogP contribution is -2.44. The van der Waals surface area contributed by atoms with E-state index in [1.165, 1.54) is 18.0 Å². The number of aliphatic imine (C=N–C) groups is 1. The number of carbonyl (C=O) groups is 1. The molecule has 1 fully saturated rings. The van der Waals surface area contributed by atoms with Crippen LogP contribution < -0.4 is 20.7 Å². The minimum absolute atomic E-state index is 0.271. The second-order valence-electron chi connectivity index (χ2n) is 10.4. The Labute approximate surface area is 246 Å². The van der Waals surface area contributed by atoms with Crippen molar-refractivity contribution in [2.24, 2.45) is 10.7 Å². The molecule has 0 aliphatic carbocycles. The Hall–Kier alpha value is -4.89. The molecule has 1 aliphatic rings. The SMILES string of the molecule is C=CC(=O)Nc1cc(-c2c(-c3ccc(N4CCN(C)CC4)cc3)[nH]c3ncc(/C(C=NC)=C/N)c(OC)c23)ccc1C. The van der Waals surface area contributed by atoms with Gasteiger partial charge >= 0.3 is 0 Å². The maximum Gasteiger partial charge on any atom is 0.247 e. The lowest BCUT2D eigenvalue weighted by molar-refractivity contribution is -0.111. The van der Waals surface area contributed by atoms with E-state index in [2.05, 4.69) is 63.0 Å². The molecule has 216 valence electrons. The van der Waals surface area contributed by atoms with Crippen LogP contribution >= 0.6 is 0 Å². The van der Waals surface area contributed by atoms with Gasteiger partial charge < -0.3 is 30.6 Å². The van der Waals surface area contributed by atoms with E-state index in [9.17, 15) is 4.79 Å². The van der Waals surface area contributed by atoms with Crippen LogP contribution in [0.3, 0.4) is 0 Å². The van der Waals surface area contributed by atoms with Crippen LogP contribution in [0.4, 0.5) is 11.4 Å². The van der Waals surface area contributed by atoms with E-state index in [0.717, 1.165) is 65.1 Å². The molecule has 9 nitrogen and oxygen atoms in total. The third-order valence-corrected chi connectivity index (χ3v) is 7.73. The number of hydrogen-bond donors (Lipinski definition) is 3. The largest absolute Gasteiger partial charge is 0.495 e. The van der Waals surface area contributed by atoms with Crippen LogP contribution in [0.2, 0.25) is 0 Å². The Morgan fingerprint density at radius 2 is 1.86 bits per heavy atom. The van der Waals surface area contributed by atoms with Crippen molar-refractivity contribution < 1.29 is 9.53 Å². The van der Waals surface area contributed by atoms with E-state index in [1.54, 1.807) is 26.6 Å². The van der Waals surface area contributed by atoms with Gasteiger partial charge in [-0.05, 0) is 54.9 Å². The topological polar surface area (TPSA) is 112 Å². The number of nitrogens with one attached hydrogen (secondary N) is 2. The van der Waals surface area contributed by atoms with Gasteiger partial charge in [0.05, 0.1) is 18.2 Å². The predicted molar refractivity (Wildman–Crippen MR) is 173 cm³/mol. The number of allylic oxidation sites excluding steroid dienone is 1. The number of nitrogens with two attached hydrogens (primary N) is 1. The molecule has 0 saturated carbocycles. The Morgan fingerprint density at radius 3 is 2.50 bits per heavy atom. The number of methoxy groups -OCH3 is 1. The molecule has 3 heterocycles. The number of hydrogen-bond acceptors (Lipinski definition) is 7. The van der Waals surface area contributed by atoms with Gasteiger partial charge in [-0.25, -0.2) is 4.98 Å². The quantitative estimate of drug-likeness (QED) is 0.203. The fraction of sp³-hybridized carbons (Fsp3) is 0.242. The van der Waals surface area contributed by atoms with E-state index >= 15 is 0 Å². The standard InChI is InChI=1S/C33H37N7O2/c1-6-28(41)37-27-17-23(8-7-21(27)2)29-30-32(42-5)26(24(18-34)19-35-3)20-36-33(30)38-31(29)22-9-11-25(12-10-22)40-15-13-39(4)14-16-40/h6-12,17-20H,1,13-16,34H2,2-5H3,(H,36,38)(H,37,41)/b24-18+,35-19?. The van der Waals surface area contributed by atoms with Crippen molar-refractivity contribution in [2.45, 2.75) is 6.92 Å². The normalized spacial score (nSPS) is 14.5. The van der Waals surface area contributed by atoms with Crippen LogP contribution in [-0.2, 0) is 4.79 Å². The summed E-state index contributed by atoms with van der Waals surface area (Å²) in [5.74, 6) is 0.354. The number of fused-ring (bicyclic) bond motifs is 1. The number of likely N-dealkylation sites (N-methyl/N-ethyl adjacent to an activating group) is 1. The Kier molecular flexibility index (Phi) is 8.40. The second-order valence-corrected chi connectivity index (χ2v) is 10.4. The number of pyridine rings is 1. The summed E-state index contributed by atoms with van der Waals surface area (Å²) < 4.78 is 6.03. The van der Waals surface area contributed by atoms with Crippen molar-refractivity contribution in [1.82, 2.24) is 14.9 Å². The zero-order valence-corrected chi connectivity index (χ0v) is 24.6. The number of nitrogens with zero attached hydrogens (tertiary/aromatic N) is 4. The number of aryl methyl sites for hydroxylation is 1. The zero-order valence-electron chi connectivity index (χ0n) is 24.6. The number of aromatic amines is 1. The molecule has 4 N–H and O–H groups in total. The molecule has 5 rings (SSSR count). The fourth-order valence-corrected chi connectivity index (χ4v) is 5.39. The first kappa shape index (κ1) is 28.6. The Morgan fingerprint density at radius 1 is 1.14 bits per heavy atom. The summed E-state index contributed by atoms with van der Waals surface area (Å²) in [5, 5.41) is 3.74. The Bertz CT molecular complexity index is 1680. The summed E-state index contributed by atoms with van der Waals surface area (Å²) in [6.45, 7) is 9.64. The summed E-state index contributed by atoms with van der Waals surface area (Å²) in [6, 6.07) is 14.6. The highest BCUT2D eigenvalue weighted by Crippen LogP contribution is 2.45. The first-order valence-corrected chi connectivity index (χ1v) is 13.9. The van der Waals surface area contributed by atoms with E-state index in [-0.39, 0.29) is 5.91 Å². The number of H-pyrrole nitrogens is 1. The van der Waals surface area contributed by atoms with Gasteiger partial charge in [0.15, 0.2) is 0 Å². The van der Waals surface area contributed by atoms with Crippen molar-refractivity contribution in [1.29, 1.82) is 0 Å². The molecule has 0 unspecified atom stereocenters. The van der Waals surface area contributed by atoms with Gasteiger partial charge in [0.2, 0.25) is 5.91 Å². The second kappa shape index (κ2) is 12.3. The predicted octanol–water partition coefficient (Wildman–Crippen LogP) is 5.09. The molecule has 2 aromatic heterocycles. The van der Waals surface area contributed by atoms with Crippen LogP contribution in [0.1, 0.15) is 11.1 Å². The van der Waals surface area contributed by atoms with Crippen LogP contribution in [0.15, 0.2) is 72.5 Å². The van der Waals surface area contributed by atoms with Crippen molar-refractivity contribution in [2.75, 3.05) is 57.6 Å². The molecular formula is C33H37N7O2. The smallest absolute Gasteiger partial charge is 0.247 e. The molecule has 4 aromatic rings. The molecule has 2 aromatic carbocycles.